The summed E-state index contributed by atoms with van der Waals surface area (Å²) in [5, 5.41) is 31.1. The molecular formula is C32H25ClFN5O7. The standard InChI is InChI=1S/C19H14FN3O5.C13H11ClN2O2/c1-26-6-7-27-19-10-16-14(8-12(19)11-21)18(4-5-22-16)28-13-2-3-17(23(24)25)15(20)9-13;1-17-4-5-18-13-7-12-10(6-9(13)8-15)11(14)2-3-16-12/h2-5,8-10H,6-7H2,1H3;2-3,6-7H,4-5H2,1H3. The monoisotopic (exact) mass is 645 g/mol. The van der Waals surface area contributed by atoms with Gasteiger partial charge in [-0.05, 0) is 30.3 Å². The van der Waals surface area contributed by atoms with E-state index in [1.165, 1.54) is 12.3 Å². The minimum absolute atomic E-state index is 0.0783. The van der Waals surface area contributed by atoms with Gasteiger partial charge in [0.1, 0.15) is 48.4 Å². The molecule has 0 fully saturated rings. The maximum Gasteiger partial charge on any atom is 0.305 e. The number of pyridine rings is 2. The first-order valence-corrected chi connectivity index (χ1v) is 13.8. The van der Waals surface area contributed by atoms with Crippen LogP contribution in [0.4, 0.5) is 10.1 Å². The van der Waals surface area contributed by atoms with Crippen molar-refractivity contribution in [2.45, 2.75) is 0 Å². The molecule has 0 N–H and O–H groups in total. The van der Waals surface area contributed by atoms with Crippen molar-refractivity contribution in [2.24, 2.45) is 0 Å². The molecule has 234 valence electrons. The van der Waals surface area contributed by atoms with Gasteiger partial charge in [-0.25, -0.2) is 0 Å². The molecular weight excluding hydrogens is 621 g/mol. The molecule has 0 unspecified atom stereocenters. The molecule has 0 bridgehead atoms. The molecule has 3 aromatic carbocycles. The zero-order valence-corrected chi connectivity index (χ0v) is 25.3. The van der Waals surface area contributed by atoms with Crippen molar-refractivity contribution in [3.8, 4) is 35.1 Å². The van der Waals surface area contributed by atoms with Gasteiger partial charge in [-0.1, -0.05) is 11.6 Å². The summed E-state index contributed by atoms with van der Waals surface area (Å²) in [6, 6.07) is 17.2. The first-order chi connectivity index (χ1) is 22.3. The smallest absolute Gasteiger partial charge is 0.305 e. The number of ether oxygens (including phenoxy) is 5. The molecule has 2 heterocycles. The predicted octanol–water partition coefficient (Wildman–Crippen LogP) is 6.76. The molecule has 0 atom stereocenters. The van der Waals surface area contributed by atoms with Gasteiger partial charge in [0.25, 0.3) is 0 Å². The Morgan fingerprint density at radius 2 is 1.37 bits per heavy atom. The summed E-state index contributed by atoms with van der Waals surface area (Å²) in [5.41, 5.74) is 1.28. The van der Waals surface area contributed by atoms with Crippen LogP contribution in [0, 0.1) is 38.6 Å². The highest BCUT2D eigenvalue weighted by Crippen LogP contribution is 2.34. The van der Waals surface area contributed by atoms with Crippen LogP contribution in [0.3, 0.4) is 0 Å². The fraction of sp³-hybridized carbons (Fsp3) is 0.188. The highest BCUT2D eigenvalue weighted by Gasteiger charge is 2.16. The Bertz CT molecular complexity index is 1960. The molecule has 0 aliphatic heterocycles. The lowest BCUT2D eigenvalue weighted by molar-refractivity contribution is -0.387. The van der Waals surface area contributed by atoms with Crippen molar-refractivity contribution in [1.82, 2.24) is 9.97 Å². The molecule has 0 saturated carbocycles. The summed E-state index contributed by atoms with van der Waals surface area (Å²) in [6.07, 6.45) is 3.11. The van der Waals surface area contributed by atoms with Crippen molar-refractivity contribution in [3.63, 3.8) is 0 Å². The van der Waals surface area contributed by atoms with Crippen molar-refractivity contribution in [1.29, 1.82) is 10.5 Å². The molecule has 0 saturated heterocycles. The van der Waals surface area contributed by atoms with Crippen LogP contribution in [0.25, 0.3) is 21.8 Å². The molecule has 0 spiro atoms. The van der Waals surface area contributed by atoms with Gasteiger partial charge in [0.2, 0.25) is 5.82 Å². The van der Waals surface area contributed by atoms with E-state index >= 15 is 0 Å². The third-order valence-corrected chi connectivity index (χ3v) is 6.60. The lowest BCUT2D eigenvalue weighted by Crippen LogP contribution is -2.05. The van der Waals surface area contributed by atoms with Gasteiger partial charge in [0.15, 0.2) is 0 Å². The number of nitrogens with zero attached hydrogens (tertiary/aromatic N) is 5. The van der Waals surface area contributed by atoms with Gasteiger partial charge in [0, 0.05) is 61.7 Å². The van der Waals surface area contributed by atoms with Gasteiger partial charge < -0.3 is 23.7 Å². The van der Waals surface area contributed by atoms with E-state index in [1.807, 2.05) is 0 Å². The van der Waals surface area contributed by atoms with E-state index in [0.29, 0.717) is 64.1 Å². The number of nitro groups is 1. The van der Waals surface area contributed by atoms with E-state index < -0.39 is 16.4 Å². The molecule has 0 aliphatic carbocycles. The zero-order valence-electron chi connectivity index (χ0n) is 24.5. The molecule has 5 aromatic rings. The third kappa shape index (κ3) is 8.11. The van der Waals surface area contributed by atoms with Crippen LogP contribution >= 0.6 is 11.6 Å². The van der Waals surface area contributed by atoms with Crippen LogP contribution in [0.15, 0.2) is 67.0 Å². The van der Waals surface area contributed by atoms with E-state index in [2.05, 4.69) is 22.1 Å². The fourth-order valence-electron chi connectivity index (χ4n) is 4.09. The number of benzene rings is 3. The molecule has 0 amide bonds. The first kappa shape index (κ1) is 33.3. The summed E-state index contributed by atoms with van der Waals surface area (Å²) in [5.74, 6) is 0.245. The Labute approximate surface area is 267 Å². The van der Waals surface area contributed by atoms with Gasteiger partial charge >= 0.3 is 5.69 Å². The van der Waals surface area contributed by atoms with E-state index in [9.17, 15) is 19.8 Å². The van der Waals surface area contributed by atoms with Crippen LogP contribution in [0.1, 0.15) is 11.1 Å². The van der Waals surface area contributed by atoms with Crippen LogP contribution in [0.2, 0.25) is 5.02 Å². The summed E-state index contributed by atoms with van der Waals surface area (Å²) in [6.45, 7) is 1.49. The molecule has 14 heteroatoms. The third-order valence-electron chi connectivity index (χ3n) is 6.27. The van der Waals surface area contributed by atoms with Gasteiger partial charge in [-0.15, -0.1) is 0 Å². The summed E-state index contributed by atoms with van der Waals surface area (Å²) in [7, 11) is 3.14. The van der Waals surface area contributed by atoms with E-state index in [-0.39, 0.29) is 17.9 Å². The Balaban J connectivity index is 0.000000230. The minimum Gasteiger partial charge on any atom is -0.490 e. The predicted molar refractivity (Wildman–Crippen MR) is 166 cm³/mol. The number of nitriles is 2. The Kier molecular flexibility index (Phi) is 11.5. The zero-order chi connectivity index (χ0) is 33.1. The van der Waals surface area contributed by atoms with Crippen LogP contribution in [-0.2, 0) is 9.47 Å². The van der Waals surface area contributed by atoms with Crippen LogP contribution in [-0.4, -0.2) is 55.5 Å². The lowest BCUT2D eigenvalue weighted by Gasteiger charge is -2.12. The van der Waals surface area contributed by atoms with Gasteiger partial charge in [-0.3, -0.25) is 20.1 Å². The second-order valence-electron chi connectivity index (χ2n) is 9.21. The van der Waals surface area contributed by atoms with Crippen molar-refractivity contribution < 1.29 is 33.0 Å². The molecule has 0 radical (unpaired) electrons. The first-order valence-electron chi connectivity index (χ1n) is 13.5. The number of methoxy groups -OCH3 is 2. The lowest BCUT2D eigenvalue weighted by atomic mass is 10.1. The summed E-state index contributed by atoms with van der Waals surface area (Å²) >= 11 is 6.05. The number of rotatable bonds is 11. The average Bonchev–Trinajstić information content (AvgIpc) is 3.05. The quantitative estimate of drug-likeness (QED) is 0.0847. The average molecular weight is 646 g/mol. The number of fused-ring (bicyclic) bond motifs is 2. The number of nitro benzene ring substituents is 1. The molecule has 5 rings (SSSR count). The SMILES string of the molecule is COCCOc1cc2nccc(Cl)c2cc1C#N.COCCOc1cc2nccc(Oc3ccc([N+](=O)[O-])c(F)c3)c2cc1C#N. The number of aromatic nitrogens is 2. The largest absolute Gasteiger partial charge is 0.490 e. The van der Waals surface area contributed by atoms with E-state index in [1.54, 1.807) is 56.8 Å². The highest BCUT2D eigenvalue weighted by atomic mass is 35.5. The van der Waals surface area contributed by atoms with E-state index in [4.69, 9.17) is 40.5 Å². The fourth-order valence-corrected chi connectivity index (χ4v) is 4.29. The van der Waals surface area contributed by atoms with Gasteiger partial charge in [-0.2, -0.15) is 14.9 Å². The Morgan fingerprint density at radius 3 is 1.91 bits per heavy atom. The highest BCUT2D eigenvalue weighted by molar-refractivity contribution is 6.35. The maximum atomic E-state index is 13.8. The number of halogens is 2. The minimum atomic E-state index is -1.01. The molecule has 0 aliphatic rings. The normalized spacial score (nSPS) is 10.4. The van der Waals surface area contributed by atoms with Crippen LogP contribution in [0.5, 0.6) is 23.0 Å². The second kappa shape index (κ2) is 15.9. The summed E-state index contributed by atoms with van der Waals surface area (Å²) < 4.78 is 40.4. The molecule has 12 nitrogen and oxygen atoms in total. The number of hydrogen-bond donors (Lipinski definition) is 0. The van der Waals surface area contributed by atoms with Gasteiger partial charge in [0.05, 0.1) is 45.3 Å². The number of hydrogen-bond acceptors (Lipinski definition) is 11. The van der Waals surface area contributed by atoms with E-state index in [0.717, 1.165) is 17.5 Å². The Morgan fingerprint density at radius 1 is 0.804 bits per heavy atom. The van der Waals surface area contributed by atoms with Crippen molar-refractivity contribution >= 4 is 39.1 Å². The Hall–Kier alpha value is -5.60. The second-order valence-corrected chi connectivity index (χ2v) is 9.62. The molecule has 46 heavy (non-hydrogen) atoms. The van der Waals surface area contributed by atoms with Crippen molar-refractivity contribution in [2.75, 3.05) is 40.6 Å². The summed E-state index contributed by atoms with van der Waals surface area (Å²) in [4.78, 5) is 18.4. The molecule has 2 aromatic heterocycles. The van der Waals surface area contributed by atoms with Crippen molar-refractivity contribution in [3.05, 3.63) is 99.1 Å². The topological polar surface area (TPSA) is 163 Å². The van der Waals surface area contributed by atoms with Crippen LogP contribution < -0.4 is 14.2 Å². The maximum absolute atomic E-state index is 13.8.